The van der Waals surface area contributed by atoms with Gasteiger partial charge in [0.2, 0.25) is 17.7 Å². The van der Waals surface area contributed by atoms with E-state index >= 15 is 0 Å². The molecule has 4 N–H and O–H groups in total. The highest BCUT2D eigenvalue weighted by molar-refractivity contribution is 5.88. The van der Waals surface area contributed by atoms with Gasteiger partial charge in [-0.2, -0.15) is 0 Å². The second-order valence-electron chi connectivity index (χ2n) is 7.82. The van der Waals surface area contributed by atoms with Gasteiger partial charge in [0.1, 0.15) is 0 Å². The van der Waals surface area contributed by atoms with Crippen LogP contribution < -0.4 is 16.4 Å². The molecule has 1 aliphatic heterocycles. The van der Waals surface area contributed by atoms with E-state index in [0.717, 1.165) is 6.42 Å². The van der Waals surface area contributed by atoms with Crippen molar-refractivity contribution in [1.29, 1.82) is 0 Å². The predicted molar refractivity (Wildman–Crippen MR) is 109 cm³/mol. The van der Waals surface area contributed by atoms with E-state index < -0.39 is 6.04 Å². The molecule has 1 aliphatic carbocycles. The number of carbonyl (C=O) groups is 3. The largest absolute Gasteiger partial charge is 0.350 e. The van der Waals surface area contributed by atoms with Gasteiger partial charge in [0.15, 0.2) is 0 Å². The Labute approximate surface area is 171 Å². The summed E-state index contributed by atoms with van der Waals surface area (Å²) >= 11 is 0. The molecule has 1 saturated carbocycles. The van der Waals surface area contributed by atoms with E-state index in [2.05, 4.69) is 22.8 Å². The molecule has 2 fully saturated rings. The normalized spacial score (nSPS) is 24.5. The number of amides is 3. The molecule has 7 nitrogen and oxygen atoms in total. The number of nitrogens with two attached hydrogens (primary N) is 1. The zero-order valence-electron chi connectivity index (χ0n) is 16.3. The molecule has 1 saturated heterocycles. The molecule has 1 aromatic rings. The van der Waals surface area contributed by atoms with E-state index in [1.807, 2.05) is 36.9 Å². The molecule has 3 unspecified atom stereocenters. The average Bonchev–Trinajstić information content (AvgIpc) is 3.36. The van der Waals surface area contributed by atoms with Crippen molar-refractivity contribution < 1.29 is 14.4 Å². The smallest absolute Gasteiger partial charge is 0.239 e. The zero-order valence-corrected chi connectivity index (χ0v) is 17.1. The van der Waals surface area contributed by atoms with Crippen molar-refractivity contribution in [3.8, 4) is 0 Å². The maximum atomic E-state index is 12.3. The van der Waals surface area contributed by atoms with Crippen LogP contribution in [0.15, 0.2) is 30.3 Å². The molecule has 0 spiro atoms. The topological polar surface area (TPSA) is 105 Å². The van der Waals surface area contributed by atoms with Crippen LogP contribution in [0.25, 0.3) is 0 Å². The van der Waals surface area contributed by atoms with Gasteiger partial charge in [-0.25, -0.2) is 0 Å². The summed E-state index contributed by atoms with van der Waals surface area (Å²) in [6.07, 6.45) is 1.28. The Morgan fingerprint density at radius 3 is 2.57 bits per heavy atom. The molecule has 0 bridgehead atoms. The SMILES string of the molecule is CC(C)[C@H](N)C(=O)NCC(=O)NC1CC(=O)N(C2CC2c2ccccc2)C1.Cl. The highest BCUT2D eigenvalue weighted by Gasteiger charge is 2.47. The lowest BCUT2D eigenvalue weighted by atomic mass is 10.1. The summed E-state index contributed by atoms with van der Waals surface area (Å²) in [6, 6.07) is 9.58. The molecular formula is C20H29ClN4O3. The van der Waals surface area contributed by atoms with Crippen molar-refractivity contribution in [3.63, 3.8) is 0 Å². The van der Waals surface area contributed by atoms with Gasteiger partial charge in [-0.15, -0.1) is 12.4 Å². The molecule has 2 aliphatic rings. The second kappa shape index (κ2) is 9.39. The van der Waals surface area contributed by atoms with Crippen molar-refractivity contribution in [2.24, 2.45) is 11.7 Å². The number of halogens is 1. The molecule has 8 heteroatoms. The summed E-state index contributed by atoms with van der Waals surface area (Å²) in [7, 11) is 0. The van der Waals surface area contributed by atoms with Crippen molar-refractivity contribution in [2.75, 3.05) is 13.1 Å². The van der Waals surface area contributed by atoms with Crippen LogP contribution in [-0.4, -0.2) is 53.8 Å². The van der Waals surface area contributed by atoms with Crippen LogP contribution in [0, 0.1) is 5.92 Å². The summed E-state index contributed by atoms with van der Waals surface area (Å²) in [5, 5.41) is 5.39. The number of nitrogens with one attached hydrogen (secondary N) is 2. The van der Waals surface area contributed by atoms with E-state index in [-0.39, 0.29) is 54.7 Å². The first-order valence-corrected chi connectivity index (χ1v) is 9.54. The summed E-state index contributed by atoms with van der Waals surface area (Å²) in [4.78, 5) is 38.1. The number of hydrogen-bond acceptors (Lipinski definition) is 4. The van der Waals surface area contributed by atoms with E-state index in [9.17, 15) is 14.4 Å². The lowest BCUT2D eigenvalue weighted by molar-refractivity contribution is -0.128. The van der Waals surface area contributed by atoms with E-state index in [1.165, 1.54) is 5.56 Å². The number of rotatable bonds is 7. The van der Waals surface area contributed by atoms with E-state index in [4.69, 9.17) is 5.73 Å². The average molecular weight is 409 g/mol. The number of benzene rings is 1. The van der Waals surface area contributed by atoms with Gasteiger partial charge < -0.3 is 21.3 Å². The van der Waals surface area contributed by atoms with E-state index in [1.54, 1.807) is 0 Å². The minimum atomic E-state index is -0.633. The Hall–Kier alpha value is -2.12. The lowest BCUT2D eigenvalue weighted by Crippen LogP contribution is -2.48. The third-order valence-electron chi connectivity index (χ3n) is 5.35. The molecule has 0 aromatic heterocycles. The third-order valence-corrected chi connectivity index (χ3v) is 5.35. The first-order chi connectivity index (χ1) is 12.9. The number of nitrogens with zero attached hydrogens (tertiary/aromatic N) is 1. The monoisotopic (exact) mass is 408 g/mol. The third kappa shape index (κ3) is 5.23. The summed E-state index contributed by atoms with van der Waals surface area (Å²) in [5.74, 6) is -0.163. The van der Waals surface area contributed by atoms with Crippen LogP contribution in [0.2, 0.25) is 0 Å². The van der Waals surface area contributed by atoms with Crippen LogP contribution >= 0.6 is 12.4 Å². The molecule has 154 valence electrons. The lowest BCUT2D eigenvalue weighted by Gasteiger charge is -2.18. The Bertz CT molecular complexity index is 713. The molecule has 0 radical (unpaired) electrons. The fourth-order valence-corrected chi connectivity index (χ4v) is 3.60. The zero-order chi connectivity index (χ0) is 19.6. The molecule has 3 rings (SSSR count). The predicted octanol–water partition coefficient (Wildman–Crippen LogP) is 0.781. The van der Waals surface area contributed by atoms with Gasteiger partial charge in [-0.3, -0.25) is 14.4 Å². The van der Waals surface area contributed by atoms with Gasteiger partial charge in [-0.1, -0.05) is 44.2 Å². The summed E-state index contributed by atoms with van der Waals surface area (Å²) < 4.78 is 0. The van der Waals surface area contributed by atoms with Crippen LogP contribution in [0.4, 0.5) is 0 Å². The van der Waals surface area contributed by atoms with E-state index in [0.29, 0.717) is 18.9 Å². The minimum absolute atomic E-state index is 0. The van der Waals surface area contributed by atoms with Gasteiger partial charge in [-0.05, 0) is 17.9 Å². The Kier molecular flexibility index (Phi) is 7.43. The van der Waals surface area contributed by atoms with Crippen molar-refractivity contribution in [1.82, 2.24) is 15.5 Å². The standard InChI is InChI=1S/C20H28N4O3.ClH/c1-12(2)19(21)20(27)22-10-17(25)23-14-8-18(26)24(11-14)16-9-15(16)13-6-4-3-5-7-13;/h3-7,12,14-16,19H,8-11,21H2,1-2H3,(H,22,27)(H,23,25);1H/t14?,15?,16?,19-;/m0./s1. The van der Waals surface area contributed by atoms with Crippen molar-refractivity contribution in [3.05, 3.63) is 35.9 Å². The Morgan fingerprint density at radius 1 is 1.25 bits per heavy atom. The van der Waals surface area contributed by atoms with Gasteiger partial charge in [0.25, 0.3) is 0 Å². The maximum absolute atomic E-state index is 12.3. The first-order valence-electron chi connectivity index (χ1n) is 9.54. The number of hydrogen-bond donors (Lipinski definition) is 3. The quantitative estimate of drug-likeness (QED) is 0.620. The Morgan fingerprint density at radius 2 is 1.93 bits per heavy atom. The first kappa shape index (κ1) is 22.2. The summed E-state index contributed by atoms with van der Waals surface area (Å²) in [5.41, 5.74) is 7.01. The van der Waals surface area contributed by atoms with Gasteiger partial charge >= 0.3 is 0 Å². The van der Waals surface area contributed by atoms with Crippen molar-refractivity contribution in [2.45, 2.75) is 50.7 Å². The number of carbonyl (C=O) groups excluding carboxylic acids is 3. The van der Waals surface area contributed by atoms with Gasteiger partial charge in [0.05, 0.1) is 18.6 Å². The fourth-order valence-electron chi connectivity index (χ4n) is 3.60. The molecule has 1 heterocycles. The second-order valence-corrected chi connectivity index (χ2v) is 7.82. The van der Waals surface area contributed by atoms with Crippen LogP contribution in [-0.2, 0) is 14.4 Å². The molecule has 4 atom stereocenters. The van der Waals surface area contributed by atoms with Crippen LogP contribution in [0.3, 0.4) is 0 Å². The molecule has 28 heavy (non-hydrogen) atoms. The van der Waals surface area contributed by atoms with Crippen LogP contribution in [0.1, 0.15) is 38.2 Å². The molecule has 1 aromatic carbocycles. The van der Waals surface area contributed by atoms with Crippen LogP contribution in [0.5, 0.6) is 0 Å². The highest BCUT2D eigenvalue weighted by Crippen LogP contribution is 2.45. The minimum Gasteiger partial charge on any atom is -0.350 e. The fraction of sp³-hybridized carbons (Fsp3) is 0.550. The van der Waals surface area contributed by atoms with Gasteiger partial charge in [0, 0.05) is 24.9 Å². The highest BCUT2D eigenvalue weighted by atomic mass is 35.5. The molecular weight excluding hydrogens is 380 g/mol. The number of likely N-dealkylation sites (tertiary alicyclic amines) is 1. The Balaban J connectivity index is 0.00000280. The molecule has 3 amide bonds. The summed E-state index contributed by atoms with van der Waals surface area (Å²) in [6.45, 7) is 4.10. The maximum Gasteiger partial charge on any atom is 0.239 e. The van der Waals surface area contributed by atoms with Crippen molar-refractivity contribution >= 4 is 30.1 Å².